The standard InChI is InChI=1S/C27H30F3N7O3/c1-8-15-18-13(10-32-11-17(18)36(7)35-15)16(9-31)33-22(38)20-19-14(26(19,5)6)12-37(20)23(39)21(25(2,3)4)34-24(40)27(28,29)30/h1,10-11,14,16,19-21H,12H2,2-7H3,(H,33,38)(H,34,40)/t14-,16?,19-,20-,21+/m0/s1. The molecule has 2 aromatic rings. The second-order valence-corrected chi connectivity index (χ2v) is 12.0. The van der Waals surface area contributed by atoms with Gasteiger partial charge in [-0.1, -0.05) is 34.6 Å². The van der Waals surface area contributed by atoms with Gasteiger partial charge >= 0.3 is 12.1 Å². The highest BCUT2D eigenvalue weighted by Crippen LogP contribution is 2.65. The second-order valence-electron chi connectivity index (χ2n) is 12.0. The van der Waals surface area contributed by atoms with Gasteiger partial charge in [0.2, 0.25) is 11.8 Å². The van der Waals surface area contributed by atoms with Crippen LogP contribution in [0, 0.1) is 46.3 Å². The van der Waals surface area contributed by atoms with Gasteiger partial charge in [0.05, 0.1) is 17.8 Å². The van der Waals surface area contributed by atoms with Crippen molar-refractivity contribution < 1.29 is 27.6 Å². The molecule has 2 aliphatic rings. The molecule has 1 aliphatic heterocycles. The molecular weight excluding hydrogens is 527 g/mol. The van der Waals surface area contributed by atoms with Crippen LogP contribution in [-0.4, -0.2) is 62.2 Å². The minimum absolute atomic E-state index is 0.0804. The van der Waals surface area contributed by atoms with E-state index in [2.05, 4.69) is 21.3 Å². The Hall–Kier alpha value is -4.13. The Balaban J connectivity index is 1.67. The number of carbonyl (C=O) groups excluding carboxylic acids is 3. The van der Waals surface area contributed by atoms with Crippen LogP contribution >= 0.6 is 0 Å². The van der Waals surface area contributed by atoms with Crippen molar-refractivity contribution in [1.29, 1.82) is 5.26 Å². The number of alkyl halides is 3. The number of rotatable bonds is 5. The SMILES string of the molecule is C#Cc1nn(C)c2cncc(C(C#N)NC(=O)[C@@H]3[C@@H]4[C@H](CN3C(=O)[C@@H](NC(=O)C(F)(F)F)C(C)(C)C)C4(C)C)c12. The Morgan fingerprint density at radius 3 is 2.40 bits per heavy atom. The fourth-order valence-electron chi connectivity index (χ4n) is 5.79. The van der Waals surface area contributed by atoms with Gasteiger partial charge in [0.1, 0.15) is 23.8 Å². The lowest BCUT2D eigenvalue weighted by Crippen LogP contribution is -2.60. The van der Waals surface area contributed by atoms with Gasteiger partial charge in [-0.15, -0.1) is 6.42 Å². The number of piperidine rings is 1. The normalized spacial score (nSPS) is 23.0. The molecule has 2 N–H and O–H groups in total. The minimum atomic E-state index is -5.19. The van der Waals surface area contributed by atoms with Gasteiger partial charge in [-0.2, -0.15) is 23.5 Å². The van der Waals surface area contributed by atoms with Crippen LogP contribution in [0.5, 0.6) is 0 Å². The molecule has 4 rings (SSSR count). The number of pyridine rings is 1. The molecule has 0 radical (unpaired) electrons. The summed E-state index contributed by atoms with van der Waals surface area (Å²) in [4.78, 5) is 44.6. The quantitative estimate of drug-likeness (QED) is 0.542. The summed E-state index contributed by atoms with van der Waals surface area (Å²) < 4.78 is 40.7. The van der Waals surface area contributed by atoms with E-state index in [1.54, 1.807) is 7.05 Å². The van der Waals surface area contributed by atoms with Crippen molar-refractivity contribution in [2.45, 2.75) is 58.9 Å². The summed E-state index contributed by atoms with van der Waals surface area (Å²) in [6.45, 7) is 8.59. The lowest BCUT2D eigenvalue weighted by molar-refractivity contribution is -0.176. The van der Waals surface area contributed by atoms with Gasteiger partial charge in [0.15, 0.2) is 0 Å². The van der Waals surface area contributed by atoms with E-state index in [0.717, 1.165) is 0 Å². The van der Waals surface area contributed by atoms with E-state index < -0.39 is 47.4 Å². The zero-order valence-electron chi connectivity index (χ0n) is 22.9. The van der Waals surface area contributed by atoms with Gasteiger partial charge in [-0.25, -0.2) is 0 Å². The van der Waals surface area contributed by atoms with Crippen molar-refractivity contribution in [2.75, 3.05) is 6.54 Å². The maximum atomic E-state index is 13.8. The van der Waals surface area contributed by atoms with E-state index in [0.29, 0.717) is 16.5 Å². The number of halogens is 3. The average Bonchev–Trinajstić information content (AvgIpc) is 3.19. The van der Waals surface area contributed by atoms with Crippen molar-refractivity contribution in [1.82, 2.24) is 30.3 Å². The first-order chi connectivity index (χ1) is 18.4. The van der Waals surface area contributed by atoms with Crippen molar-refractivity contribution in [3.05, 3.63) is 23.7 Å². The predicted octanol–water partition coefficient (Wildman–Crippen LogP) is 2.21. The highest BCUT2D eigenvalue weighted by molar-refractivity contribution is 5.95. The Labute approximate surface area is 229 Å². The topological polar surface area (TPSA) is 133 Å². The second kappa shape index (κ2) is 9.51. The third kappa shape index (κ3) is 4.74. The number of nitriles is 1. The molecular formula is C27H30F3N7O3. The van der Waals surface area contributed by atoms with Crippen LogP contribution in [0.15, 0.2) is 12.4 Å². The van der Waals surface area contributed by atoms with Crippen LogP contribution in [0.1, 0.15) is 51.9 Å². The maximum Gasteiger partial charge on any atom is 0.471 e. The molecule has 0 bridgehead atoms. The van der Waals surface area contributed by atoms with Crippen LogP contribution in [0.3, 0.4) is 0 Å². The Morgan fingerprint density at radius 2 is 1.85 bits per heavy atom. The molecule has 5 atom stereocenters. The number of aromatic nitrogens is 3. The summed E-state index contributed by atoms with van der Waals surface area (Å²) in [5, 5.41) is 19.3. The first kappa shape index (κ1) is 28.9. The fraction of sp³-hybridized carbons (Fsp3) is 0.556. The minimum Gasteiger partial charge on any atom is -0.336 e. The molecule has 0 aromatic carbocycles. The molecule has 1 unspecified atom stereocenters. The van der Waals surface area contributed by atoms with Crippen LogP contribution in [-0.2, 0) is 21.4 Å². The molecule has 3 heterocycles. The zero-order chi connectivity index (χ0) is 29.9. The Bertz CT molecular complexity index is 1480. The molecule has 1 saturated carbocycles. The molecule has 40 heavy (non-hydrogen) atoms. The van der Waals surface area contributed by atoms with Gasteiger partial charge in [0, 0.05) is 30.7 Å². The highest BCUT2D eigenvalue weighted by atomic mass is 19.4. The first-order valence-corrected chi connectivity index (χ1v) is 12.6. The largest absolute Gasteiger partial charge is 0.471 e. The highest BCUT2D eigenvalue weighted by Gasteiger charge is 2.70. The monoisotopic (exact) mass is 557 g/mol. The number of terminal acetylenes is 1. The smallest absolute Gasteiger partial charge is 0.336 e. The Morgan fingerprint density at radius 1 is 1.20 bits per heavy atom. The van der Waals surface area contributed by atoms with E-state index in [4.69, 9.17) is 6.42 Å². The molecule has 10 nitrogen and oxygen atoms in total. The average molecular weight is 558 g/mol. The van der Waals surface area contributed by atoms with Crippen molar-refractivity contribution in [2.24, 2.45) is 29.7 Å². The van der Waals surface area contributed by atoms with Crippen LogP contribution in [0.4, 0.5) is 13.2 Å². The number of nitrogens with one attached hydrogen (secondary N) is 2. The van der Waals surface area contributed by atoms with Crippen molar-refractivity contribution in [3.8, 4) is 18.4 Å². The molecule has 2 fully saturated rings. The van der Waals surface area contributed by atoms with Crippen LogP contribution < -0.4 is 10.6 Å². The fourth-order valence-corrected chi connectivity index (χ4v) is 5.79. The van der Waals surface area contributed by atoms with Gasteiger partial charge in [-0.05, 0) is 28.6 Å². The molecule has 3 amide bonds. The summed E-state index contributed by atoms with van der Waals surface area (Å²) >= 11 is 0. The number of hydrogen-bond donors (Lipinski definition) is 2. The molecule has 13 heteroatoms. The third-order valence-corrected chi connectivity index (χ3v) is 8.06. The van der Waals surface area contributed by atoms with E-state index in [-0.39, 0.29) is 29.5 Å². The summed E-state index contributed by atoms with van der Waals surface area (Å²) in [5.41, 5.74) is -0.270. The van der Waals surface area contributed by atoms with Crippen molar-refractivity contribution >= 4 is 28.6 Å². The summed E-state index contributed by atoms with van der Waals surface area (Å²) in [5.74, 6) is -1.58. The predicted molar refractivity (Wildman–Crippen MR) is 137 cm³/mol. The van der Waals surface area contributed by atoms with Gasteiger partial charge in [0.25, 0.3) is 0 Å². The zero-order valence-corrected chi connectivity index (χ0v) is 22.9. The molecule has 1 saturated heterocycles. The maximum absolute atomic E-state index is 13.8. The molecule has 1 aliphatic carbocycles. The number of likely N-dealkylation sites (tertiary alicyclic amines) is 1. The molecule has 0 spiro atoms. The van der Waals surface area contributed by atoms with Crippen LogP contribution in [0.25, 0.3) is 10.9 Å². The number of fused-ring (bicyclic) bond motifs is 2. The molecule has 212 valence electrons. The lowest BCUT2D eigenvalue weighted by atomic mass is 9.85. The first-order valence-electron chi connectivity index (χ1n) is 12.6. The van der Waals surface area contributed by atoms with Gasteiger partial charge in [-0.3, -0.25) is 24.0 Å². The number of carbonyl (C=O) groups is 3. The molecule has 2 aromatic heterocycles. The van der Waals surface area contributed by atoms with Gasteiger partial charge < -0.3 is 15.5 Å². The number of aryl methyl sites for hydroxylation is 1. The number of hydrogen-bond acceptors (Lipinski definition) is 6. The van der Waals surface area contributed by atoms with Crippen molar-refractivity contribution in [3.63, 3.8) is 0 Å². The van der Waals surface area contributed by atoms with E-state index in [9.17, 15) is 32.8 Å². The summed E-state index contributed by atoms with van der Waals surface area (Å²) in [6, 6.07) is -1.77. The summed E-state index contributed by atoms with van der Waals surface area (Å²) in [7, 11) is 1.66. The van der Waals surface area contributed by atoms with E-state index >= 15 is 0 Å². The van der Waals surface area contributed by atoms with E-state index in [1.807, 2.05) is 25.2 Å². The third-order valence-electron chi connectivity index (χ3n) is 8.06. The number of amides is 3. The Kier molecular flexibility index (Phi) is 6.86. The number of nitrogens with zero attached hydrogens (tertiary/aromatic N) is 5. The van der Waals surface area contributed by atoms with Crippen LogP contribution in [0.2, 0.25) is 0 Å². The van der Waals surface area contributed by atoms with E-state index in [1.165, 1.54) is 42.7 Å². The lowest BCUT2D eigenvalue weighted by Gasteiger charge is -2.37. The summed E-state index contributed by atoms with van der Waals surface area (Å²) in [6.07, 6.45) is 3.36.